The maximum absolute atomic E-state index is 2.64. The second-order valence-corrected chi connectivity index (χ2v) is 6.91. The van der Waals surface area contributed by atoms with Crippen LogP contribution in [-0.4, -0.2) is 17.6 Å². The highest BCUT2D eigenvalue weighted by Crippen LogP contribution is 2.44. The molecule has 4 rings (SSSR count). The summed E-state index contributed by atoms with van der Waals surface area (Å²) < 4.78 is 0. The monoisotopic (exact) mass is 292 g/mol. The quantitative estimate of drug-likeness (QED) is 0.771. The van der Waals surface area contributed by atoms with E-state index in [0.29, 0.717) is 12.2 Å². The molecule has 114 valence electrons. The van der Waals surface area contributed by atoms with Gasteiger partial charge in [0.25, 0.3) is 0 Å². The molecule has 2 unspecified atom stereocenters. The van der Waals surface area contributed by atoms with Crippen molar-refractivity contribution in [3.05, 3.63) is 64.2 Å². The van der Waals surface area contributed by atoms with Gasteiger partial charge in [-0.1, -0.05) is 30.3 Å². The third-order valence-corrected chi connectivity index (χ3v) is 5.52. The third-order valence-electron chi connectivity index (χ3n) is 5.52. The molecule has 0 radical (unpaired) electrons. The van der Waals surface area contributed by atoms with Crippen LogP contribution in [0.4, 0.5) is 5.69 Å². The Kier molecular flexibility index (Phi) is 3.05. The Morgan fingerprint density at radius 1 is 1.05 bits per heavy atom. The minimum atomic E-state index is 0.456. The Hall–Kier alpha value is -1.80. The Bertz CT molecular complexity index is 734. The fourth-order valence-electron chi connectivity index (χ4n) is 4.22. The highest BCUT2D eigenvalue weighted by atomic mass is 15.4. The molecule has 2 aliphatic heterocycles. The van der Waals surface area contributed by atoms with Crippen molar-refractivity contribution in [2.24, 2.45) is 0 Å². The zero-order valence-corrected chi connectivity index (χ0v) is 13.9. The molecule has 2 aliphatic rings. The van der Waals surface area contributed by atoms with Crippen molar-refractivity contribution in [2.45, 2.75) is 46.4 Å². The first kappa shape index (κ1) is 13.8. The third kappa shape index (κ3) is 1.90. The van der Waals surface area contributed by atoms with Gasteiger partial charge in [-0.3, -0.25) is 4.90 Å². The highest BCUT2D eigenvalue weighted by molar-refractivity contribution is 5.61. The molecule has 2 heterocycles. The lowest BCUT2D eigenvalue weighted by Gasteiger charge is -2.32. The summed E-state index contributed by atoms with van der Waals surface area (Å²) in [7, 11) is 0. The average molecular weight is 292 g/mol. The predicted molar refractivity (Wildman–Crippen MR) is 92.2 cm³/mol. The van der Waals surface area contributed by atoms with E-state index < -0.39 is 0 Å². The summed E-state index contributed by atoms with van der Waals surface area (Å²) in [6.45, 7) is 11.3. The van der Waals surface area contributed by atoms with Gasteiger partial charge in [0.1, 0.15) is 0 Å². The van der Waals surface area contributed by atoms with Crippen LogP contribution in [-0.2, 0) is 6.54 Å². The van der Waals surface area contributed by atoms with Crippen LogP contribution < -0.4 is 4.90 Å². The average Bonchev–Trinajstić information content (AvgIpc) is 2.76. The summed E-state index contributed by atoms with van der Waals surface area (Å²) in [5.41, 5.74) is 8.59. The minimum Gasteiger partial charge on any atom is -0.347 e. The van der Waals surface area contributed by atoms with Gasteiger partial charge in [0, 0.05) is 18.8 Å². The van der Waals surface area contributed by atoms with Gasteiger partial charge in [0.05, 0.1) is 12.2 Å². The lowest BCUT2D eigenvalue weighted by Crippen LogP contribution is -2.35. The first-order chi connectivity index (χ1) is 10.6. The Balaban J connectivity index is 1.87. The largest absolute Gasteiger partial charge is 0.347 e. The van der Waals surface area contributed by atoms with E-state index in [4.69, 9.17) is 0 Å². The van der Waals surface area contributed by atoms with Crippen molar-refractivity contribution in [1.82, 2.24) is 4.90 Å². The van der Waals surface area contributed by atoms with Gasteiger partial charge in [-0.15, -0.1) is 0 Å². The molecular formula is C20H24N2. The number of fused-ring (bicyclic) bond motifs is 4. The molecule has 1 fully saturated rings. The number of benzene rings is 2. The van der Waals surface area contributed by atoms with Crippen LogP contribution in [0.25, 0.3) is 0 Å². The van der Waals surface area contributed by atoms with E-state index in [1.165, 1.54) is 33.5 Å². The minimum absolute atomic E-state index is 0.456. The lowest BCUT2D eigenvalue weighted by molar-refractivity contribution is 0.252. The van der Waals surface area contributed by atoms with E-state index in [2.05, 4.69) is 73.9 Å². The second-order valence-electron chi connectivity index (χ2n) is 6.91. The van der Waals surface area contributed by atoms with Crippen LogP contribution >= 0.6 is 0 Å². The maximum atomic E-state index is 2.64. The van der Waals surface area contributed by atoms with Crippen LogP contribution in [0.15, 0.2) is 36.4 Å². The van der Waals surface area contributed by atoms with Crippen molar-refractivity contribution >= 4 is 5.69 Å². The Morgan fingerprint density at radius 3 is 2.64 bits per heavy atom. The molecule has 22 heavy (non-hydrogen) atoms. The molecule has 0 saturated carbocycles. The van der Waals surface area contributed by atoms with Gasteiger partial charge in [0.15, 0.2) is 0 Å². The number of hydrogen-bond donors (Lipinski definition) is 0. The first-order valence-electron chi connectivity index (χ1n) is 8.24. The number of rotatable bonds is 1. The van der Waals surface area contributed by atoms with Gasteiger partial charge in [-0.05, 0) is 61.6 Å². The fourth-order valence-corrected chi connectivity index (χ4v) is 4.22. The summed E-state index contributed by atoms with van der Waals surface area (Å²) in [5, 5.41) is 0. The van der Waals surface area contributed by atoms with Crippen molar-refractivity contribution in [3.8, 4) is 0 Å². The SMILES string of the molecule is Cc1cc(C)c(C)c(N2C3CN(Cc4ccccc43)[C@@H]2C)c1. The zero-order valence-electron chi connectivity index (χ0n) is 13.9. The molecule has 2 nitrogen and oxygen atoms in total. The molecule has 2 bridgehead atoms. The number of hydrogen-bond acceptors (Lipinski definition) is 2. The fraction of sp³-hybridized carbons (Fsp3) is 0.400. The molecular weight excluding hydrogens is 268 g/mol. The van der Waals surface area contributed by atoms with E-state index in [0.717, 1.165) is 13.1 Å². The van der Waals surface area contributed by atoms with E-state index in [1.807, 2.05) is 0 Å². The molecule has 3 atom stereocenters. The van der Waals surface area contributed by atoms with Gasteiger partial charge in [0.2, 0.25) is 0 Å². The van der Waals surface area contributed by atoms with Gasteiger partial charge < -0.3 is 4.90 Å². The number of anilines is 1. The predicted octanol–water partition coefficient (Wildman–Crippen LogP) is 4.33. The van der Waals surface area contributed by atoms with Crippen molar-refractivity contribution in [1.29, 1.82) is 0 Å². The number of nitrogens with zero attached hydrogens (tertiary/aromatic N) is 2. The smallest absolute Gasteiger partial charge is 0.0803 e. The van der Waals surface area contributed by atoms with Crippen LogP contribution in [0.1, 0.15) is 40.8 Å². The molecule has 0 N–H and O–H groups in total. The Morgan fingerprint density at radius 2 is 1.82 bits per heavy atom. The van der Waals surface area contributed by atoms with E-state index in [1.54, 1.807) is 0 Å². The normalized spacial score (nSPS) is 26.2. The highest BCUT2D eigenvalue weighted by Gasteiger charge is 2.42. The lowest BCUT2D eigenvalue weighted by atomic mass is 9.95. The molecule has 0 amide bonds. The summed E-state index contributed by atoms with van der Waals surface area (Å²) in [5.74, 6) is 0. The number of aryl methyl sites for hydroxylation is 2. The molecule has 0 spiro atoms. The van der Waals surface area contributed by atoms with E-state index >= 15 is 0 Å². The molecule has 2 heteroatoms. The maximum Gasteiger partial charge on any atom is 0.0803 e. The molecule has 0 aliphatic carbocycles. The van der Waals surface area contributed by atoms with Crippen LogP contribution in [0, 0.1) is 20.8 Å². The first-order valence-corrected chi connectivity index (χ1v) is 8.24. The molecule has 0 aromatic heterocycles. The molecule has 2 aromatic carbocycles. The van der Waals surface area contributed by atoms with Gasteiger partial charge in [-0.2, -0.15) is 0 Å². The van der Waals surface area contributed by atoms with Crippen molar-refractivity contribution in [3.63, 3.8) is 0 Å². The van der Waals surface area contributed by atoms with Gasteiger partial charge in [-0.25, -0.2) is 0 Å². The van der Waals surface area contributed by atoms with E-state index in [9.17, 15) is 0 Å². The van der Waals surface area contributed by atoms with Crippen LogP contribution in [0.3, 0.4) is 0 Å². The van der Waals surface area contributed by atoms with Crippen molar-refractivity contribution in [2.75, 3.05) is 11.4 Å². The Labute approximate surface area is 133 Å². The molecule has 2 aromatic rings. The van der Waals surface area contributed by atoms with Crippen LogP contribution in [0.5, 0.6) is 0 Å². The summed E-state index contributed by atoms with van der Waals surface area (Å²) in [6.07, 6.45) is 0.456. The molecule has 1 saturated heterocycles. The van der Waals surface area contributed by atoms with Crippen LogP contribution in [0.2, 0.25) is 0 Å². The summed E-state index contributed by atoms with van der Waals surface area (Å²) >= 11 is 0. The topological polar surface area (TPSA) is 6.48 Å². The van der Waals surface area contributed by atoms with Crippen molar-refractivity contribution < 1.29 is 0 Å². The second kappa shape index (κ2) is 4.85. The standard InChI is InChI=1S/C20H24N2/c1-13-9-14(2)15(3)19(10-13)22-16(4)21-11-17-7-5-6-8-18(17)20(22)12-21/h5-10,16,20H,11-12H2,1-4H3/t16-,20?/m0/s1. The summed E-state index contributed by atoms with van der Waals surface area (Å²) in [6, 6.07) is 14.1. The summed E-state index contributed by atoms with van der Waals surface area (Å²) in [4.78, 5) is 5.24. The van der Waals surface area contributed by atoms with E-state index in [-0.39, 0.29) is 0 Å². The van der Waals surface area contributed by atoms with Gasteiger partial charge >= 0.3 is 0 Å². The zero-order chi connectivity index (χ0) is 15.4.